The van der Waals surface area contributed by atoms with Crippen LogP contribution in [0.2, 0.25) is 0 Å². The van der Waals surface area contributed by atoms with Crippen LogP contribution in [0.5, 0.6) is 0 Å². The van der Waals surface area contributed by atoms with E-state index in [9.17, 15) is 4.79 Å². The lowest BCUT2D eigenvalue weighted by Crippen LogP contribution is -2.47. The molecule has 1 amide bonds. The van der Waals surface area contributed by atoms with E-state index in [1.807, 2.05) is 30.3 Å². The van der Waals surface area contributed by atoms with Crippen molar-refractivity contribution >= 4 is 5.91 Å². The fourth-order valence-corrected chi connectivity index (χ4v) is 3.46. The SMILES string of the molecule is O=C(NCC1CN(Cc2ccccc2)CCO1)c1ccc(Cn2cncn2)cc1. The van der Waals surface area contributed by atoms with Crippen LogP contribution in [0.25, 0.3) is 0 Å². The topological polar surface area (TPSA) is 72.3 Å². The highest BCUT2D eigenvalue weighted by atomic mass is 16.5. The van der Waals surface area contributed by atoms with Crippen LogP contribution in [-0.4, -0.2) is 57.9 Å². The zero-order valence-corrected chi connectivity index (χ0v) is 16.3. The number of carbonyl (C=O) groups is 1. The van der Waals surface area contributed by atoms with Gasteiger partial charge in [0.15, 0.2) is 0 Å². The molecule has 1 aromatic heterocycles. The molecular formula is C22H25N5O2. The molecule has 1 atom stereocenters. The van der Waals surface area contributed by atoms with E-state index in [0.717, 1.165) is 25.2 Å². The van der Waals surface area contributed by atoms with Gasteiger partial charge in [0, 0.05) is 31.7 Å². The molecule has 4 rings (SSSR count). The van der Waals surface area contributed by atoms with Crippen LogP contribution in [0.4, 0.5) is 0 Å². The summed E-state index contributed by atoms with van der Waals surface area (Å²) in [5, 5.41) is 7.09. The Morgan fingerprint density at radius 3 is 2.62 bits per heavy atom. The van der Waals surface area contributed by atoms with Crippen molar-refractivity contribution in [3.05, 3.63) is 83.9 Å². The summed E-state index contributed by atoms with van der Waals surface area (Å²) in [5.41, 5.74) is 3.01. The van der Waals surface area contributed by atoms with Gasteiger partial charge in [0.05, 0.1) is 19.3 Å². The molecule has 1 saturated heterocycles. The molecule has 0 bridgehead atoms. The van der Waals surface area contributed by atoms with Crippen molar-refractivity contribution in [2.45, 2.75) is 19.2 Å². The first-order valence-corrected chi connectivity index (χ1v) is 9.84. The monoisotopic (exact) mass is 391 g/mol. The predicted octanol–water partition coefficient (Wildman–Crippen LogP) is 1.96. The fourth-order valence-electron chi connectivity index (χ4n) is 3.46. The molecule has 7 heteroatoms. The minimum Gasteiger partial charge on any atom is -0.374 e. The highest BCUT2D eigenvalue weighted by Gasteiger charge is 2.21. The van der Waals surface area contributed by atoms with Gasteiger partial charge >= 0.3 is 0 Å². The van der Waals surface area contributed by atoms with Crippen LogP contribution in [0, 0.1) is 0 Å². The van der Waals surface area contributed by atoms with Crippen molar-refractivity contribution in [2.24, 2.45) is 0 Å². The second kappa shape index (κ2) is 9.45. The fraction of sp³-hybridized carbons (Fsp3) is 0.318. The van der Waals surface area contributed by atoms with Gasteiger partial charge in [-0.05, 0) is 23.3 Å². The molecule has 2 heterocycles. The van der Waals surface area contributed by atoms with Gasteiger partial charge in [0.25, 0.3) is 5.91 Å². The van der Waals surface area contributed by atoms with Crippen LogP contribution < -0.4 is 5.32 Å². The van der Waals surface area contributed by atoms with E-state index in [2.05, 4.69) is 44.6 Å². The number of rotatable bonds is 7. The first kappa shape index (κ1) is 19.3. The summed E-state index contributed by atoms with van der Waals surface area (Å²) in [7, 11) is 0. The number of ether oxygens (including phenoxy) is 1. The van der Waals surface area contributed by atoms with Crippen molar-refractivity contribution < 1.29 is 9.53 Å². The molecule has 150 valence electrons. The molecule has 1 unspecified atom stereocenters. The van der Waals surface area contributed by atoms with Crippen LogP contribution in [0.3, 0.4) is 0 Å². The molecule has 0 saturated carbocycles. The minimum absolute atomic E-state index is 0.00278. The predicted molar refractivity (Wildman–Crippen MR) is 109 cm³/mol. The molecule has 0 radical (unpaired) electrons. The molecule has 1 fully saturated rings. The molecule has 1 aliphatic heterocycles. The van der Waals surface area contributed by atoms with E-state index in [0.29, 0.717) is 25.3 Å². The van der Waals surface area contributed by atoms with Crippen LogP contribution in [0.1, 0.15) is 21.5 Å². The standard InChI is InChI=1S/C22H25N5O2/c28-22(20-8-6-19(7-9-20)14-27-17-23-16-25-27)24-12-21-15-26(10-11-29-21)13-18-4-2-1-3-5-18/h1-9,16-17,21H,10-15H2,(H,24,28). The number of carbonyl (C=O) groups excluding carboxylic acids is 1. The summed E-state index contributed by atoms with van der Waals surface area (Å²) in [6.45, 7) is 4.45. The Labute approximate surface area is 170 Å². The molecule has 29 heavy (non-hydrogen) atoms. The lowest BCUT2D eigenvalue weighted by molar-refractivity contribution is -0.0292. The summed E-state index contributed by atoms with van der Waals surface area (Å²) in [4.78, 5) is 18.8. The van der Waals surface area contributed by atoms with Crippen LogP contribution in [0.15, 0.2) is 67.3 Å². The quantitative estimate of drug-likeness (QED) is 0.667. The third-order valence-electron chi connectivity index (χ3n) is 4.99. The Bertz CT molecular complexity index is 897. The lowest BCUT2D eigenvalue weighted by atomic mass is 10.1. The van der Waals surface area contributed by atoms with Gasteiger partial charge in [-0.2, -0.15) is 5.10 Å². The largest absolute Gasteiger partial charge is 0.374 e. The van der Waals surface area contributed by atoms with Crippen LogP contribution >= 0.6 is 0 Å². The van der Waals surface area contributed by atoms with Gasteiger partial charge in [0.2, 0.25) is 0 Å². The number of hydrogen-bond donors (Lipinski definition) is 1. The first-order valence-electron chi connectivity index (χ1n) is 9.84. The summed E-state index contributed by atoms with van der Waals surface area (Å²) >= 11 is 0. The van der Waals surface area contributed by atoms with Gasteiger partial charge in [-0.15, -0.1) is 0 Å². The molecule has 7 nitrogen and oxygen atoms in total. The molecule has 3 aromatic rings. The Hall–Kier alpha value is -3.03. The highest BCUT2D eigenvalue weighted by molar-refractivity contribution is 5.94. The van der Waals surface area contributed by atoms with E-state index < -0.39 is 0 Å². The zero-order valence-electron chi connectivity index (χ0n) is 16.3. The minimum atomic E-state index is -0.0823. The van der Waals surface area contributed by atoms with Gasteiger partial charge in [-0.3, -0.25) is 9.69 Å². The number of amides is 1. The summed E-state index contributed by atoms with van der Waals surface area (Å²) in [5.74, 6) is -0.0823. The van der Waals surface area contributed by atoms with Gasteiger partial charge in [-0.1, -0.05) is 42.5 Å². The van der Waals surface area contributed by atoms with Crippen molar-refractivity contribution in [3.63, 3.8) is 0 Å². The summed E-state index contributed by atoms with van der Waals surface area (Å²) in [6, 6.07) is 18.0. The van der Waals surface area contributed by atoms with Gasteiger partial charge < -0.3 is 10.1 Å². The lowest BCUT2D eigenvalue weighted by Gasteiger charge is -2.33. The van der Waals surface area contributed by atoms with E-state index in [-0.39, 0.29) is 12.0 Å². The third kappa shape index (κ3) is 5.49. The molecule has 0 spiro atoms. The first-order chi connectivity index (χ1) is 14.3. The highest BCUT2D eigenvalue weighted by Crippen LogP contribution is 2.11. The van der Waals surface area contributed by atoms with E-state index in [1.54, 1.807) is 11.0 Å². The molecule has 1 N–H and O–H groups in total. The average molecular weight is 391 g/mol. The maximum Gasteiger partial charge on any atom is 0.251 e. The number of nitrogens with zero attached hydrogens (tertiary/aromatic N) is 4. The van der Waals surface area contributed by atoms with Gasteiger partial charge in [-0.25, -0.2) is 9.67 Å². The second-order valence-electron chi connectivity index (χ2n) is 7.21. The Morgan fingerprint density at radius 1 is 1.07 bits per heavy atom. The van der Waals surface area contributed by atoms with Crippen molar-refractivity contribution in [2.75, 3.05) is 26.2 Å². The maximum atomic E-state index is 12.5. The summed E-state index contributed by atoms with van der Waals surface area (Å²) in [6.07, 6.45) is 3.19. The Morgan fingerprint density at radius 2 is 1.86 bits per heavy atom. The van der Waals surface area contributed by atoms with Crippen molar-refractivity contribution in [1.82, 2.24) is 25.0 Å². The molecular weight excluding hydrogens is 366 g/mol. The van der Waals surface area contributed by atoms with Gasteiger partial charge in [0.1, 0.15) is 12.7 Å². The number of aromatic nitrogens is 3. The second-order valence-corrected chi connectivity index (χ2v) is 7.21. The van der Waals surface area contributed by atoms with E-state index in [1.165, 1.54) is 11.9 Å². The number of morpholine rings is 1. The Balaban J connectivity index is 1.25. The van der Waals surface area contributed by atoms with Crippen molar-refractivity contribution in [1.29, 1.82) is 0 Å². The van der Waals surface area contributed by atoms with E-state index >= 15 is 0 Å². The average Bonchev–Trinajstić information content (AvgIpc) is 3.27. The molecule has 2 aromatic carbocycles. The molecule has 0 aliphatic carbocycles. The zero-order chi connectivity index (χ0) is 19.9. The smallest absolute Gasteiger partial charge is 0.251 e. The Kier molecular flexibility index (Phi) is 6.29. The third-order valence-corrected chi connectivity index (χ3v) is 4.99. The number of nitrogens with one attached hydrogen (secondary N) is 1. The summed E-state index contributed by atoms with van der Waals surface area (Å²) < 4.78 is 7.58. The van der Waals surface area contributed by atoms with E-state index in [4.69, 9.17) is 4.74 Å². The van der Waals surface area contributed by atoms with Crippen molar-refractivity contribution in [3.8, 4) is 0 Å². The number of benzene rings is 2. The number of hydrogen-bond acceptors (Lipinski definition) is 5. The molecule has 1 aliphatic rings. The normalized spacial score (nSPS) is 17.2. The maximum absolute atomic E-state index is 12.5. The van der Waals surface area contributed by atoms with Crippen LogP contribution in [-0.2, 0) is 17.8 Å².